The number of ether oxygens (including phenoxy) is 2. The monoisotopic (exact) mass is 264 g/mol. The minimum Gasteiger partial charge on any atom is -0.493 e. The molecule has 0 bridgehead atoms. The number of carboxylic acids is 1. The summed E-state index contributed by atoms with van der Waals surface area (Å²) < 4.78 is 10.5. The highest BCUT2D eigenvalue weighted by molar-refractivity contribution is 5.69. The van der Waals surface area contributed by atoms with Crippen molar-refractivity contribution in [1.82, 2.24) is 0 Å². The van der Waals surface area contributed by atoms with E-state index in [1.165, 1.54) is 0 Å². The molecule has 1 N–H and O–H groups in total. The summed E-state index contributed by atoms with van der Waals surface area (Å²) in [6.07, 6.45) is 4.20. The van der Waals surface area contributed by atoms with Gasteiger partial charge in [-0.25, -0.2) is 0 Å². The van der Waals surface area contributed by atoms with E-state index in [1.807, 2.05) is 18.2 Å². The van der Waals surface area contributed by atoms with Crippen molar-refractivity contribution in [3.63, 3.8) is 0 Å². The van der Waals surface area contributed by atoms with Crippen molar-refractivity contribution >= 4 is 5.97 Å². The molecular formula is C15H20O4. The lowest BCUT2D eigenvalue weighted by Crippen LogP contribution is -2.25. The van der Waals surface area contributed by atoms with Crippen LogP contribution in [0.1, 0.15) is 37.7 Å². The van der Waals surface area contributed by atoms with Crippen LogP contribution >= 0.6 is 0 Å². The van der Waals surface area contributed by atoms with Gasteiger partial charge in [0.15, 0.2) is 11.5 Å². The third-order valence-electron chi connectivity index (χ3n) is 4.05. The fourth-order valence-electron chi connectivity index (χ4n) is 3.07. The van der Waals surface area contributed by atoms with Crippen molar-refractivity contribution in [3.05, 3.63) is 23.8 Å². The van der Waals surface area contributed by atoms with Crippen LogP contribution in [0.4, 0.5) is 0 Å². The summed E-state index contributed by atoms with van der Waals surface area (Å²) in [5, 5.41) is 9.17. The fourth-order valence-corrected chi connectivity index (χ4v) is 3.07. The Labute approximate surface area is 113 Å². The topological polar surface area (TPSA) is 55.8 Å². The van der Waals surface area contributed by atoms with Crippen molar-refractivity contribution in [1.29, 1.82) is 0 Å². The number of hydrogen-bond acceptors (Lipinski definition) is 3. The zero-order valence-electron chi connectivity index (χ0n) is 11.4. The van der Waals surface area contributed by atoms with Crippen molar-refractivity contribution in [2.24, 2.45) is 0 Å². The van der Waals surface area contributed by atoms with Crippen LogP contribution in [0.25, 0.3) is 0 Å². The second-order valence-electron chi connectivity index (χ2n) is 5.13. The van der Waals surface area contributed by atoms with Crippen LogP contribution in [-0.2, 0) is 10.2 Å². The normalized spacial score (nSPS) is 17.2. The molecule has 0 atom stereocenters. The summed E-state index contributed by atoms with van der Waals surface area (Å²) in [5.74, 6) is 0.600. The van der Waals surface area contributed by atoms with Crippen LogP contribution in [0.3, 0.4) is 0 Å². The molecule has 0 aliphatic heterocycles. The van der Waals surface area contributed by atoms with Gasteiger partial charge in [-0.1, -0.05) is 18.9 Å². The maximum atomic E-state index is 11.2. The molecule has 0 heterocycles. The summed E-state index contributed by atoms with van der Waals surface area (Å²) in [7, 11) is 3.19. The molecular weight excluding hydrogens is 244 g/mol. The molecule has 1 aliphatic carbocycles. The summed E-state index contributed by atoms with van der Waals surface area (Å²) in [6, 6.07) is 5.75. The van der Waals surface area contributed by atoms with E-state index in [0.29, 0.717) is 11.5 Å². The lowest BCUT2D eigenvalue weighted by atomic mass is 9.76. The van der Waals surface area contributed by atoms with E-state index in [1.54, 1.807) is 14.2 Å². The van der Waals surface area contributed by atoms with Crippen LogP contribution in [0.15, 0.2) is 18.2 Å². The van der Waals surface area contributed by atoms with Crippen molar-refractivity contribution in [3.8, 4) is 11.5 Å². The number of hydrogen-bond donors (Lipinski definition) is 1. The van der Waals surface area contributed by atoms with E-state index < -0.39 is 5.97 Å². The maximum absolute atomic E-state index is 11.2. The Bertz CT molecular complexity index is 461. The number of benzene rings is 1. The van der Waals surface area contributed by atoms with Gasteiger partial charge in [-0.15, -0.1) is 0 Å². The minimum absolute atomic E-state index is 0.183. The second-order valence-corrected chi connectivity index (χ2v) is 5.13. The average Bonchev–Trinajstić information content (AvgIpc) is 2.86. The van der Waals surface area contributed by atoms with Crippen LogP contribution in [0.2, 0.25) is 0 Å². The molecule has 2 rings (SSSR count). The number of carboxylic acid groups (broad SMARTS) is 1. The molecule has 0 radical (unpaired) electrons. The summed E-state index contributed by atoms with van der Waals surface area (Å²) in [6.45, 7) is 0. The smallest absolute Gasteiger partial charge is 0.304 e. The minimum atomic E-state index is -0.739. The van der Waals surface area contributed by atoms with Gasteiger partial charge in [0.1, 0.15) is 0 Å². The molecule has 4 nitrogen and oxygen atoms in total. The Kier molecular flexibility index (Phi) is 3.98. The van der Waals surface area contributed by atoms with Crippen LogP contribution in [0.5, 0.6) is 11.5 Å². The lowest BCUT2D eigenvalue weighted by Gasteiger charge is -2.28. The van der Waals surface area contributed by atoms with Crippen LogP contribution < -0.4 is 9.47 Å². The summed E-state index contributed by atoms with van der Waals surface area (Å²) in [4.78, 5) is 11.2. The number of rotatable bonds is 5. The van der Waals surface area contributed by atoms with Crippen molar-refractivity contribution < 1.29 is 19.4 Å². The zero-order valence-corrected chi connectivity index (χ0v) is 11.4. The quantitative estimate of drug-likeness (QED) is 0.888. The van der Waals surface area contributed by atoms with E-state index in [0.717, 1.165) is 31.2 Å². The van der Waals surface area contributed by atoms with Crippen molar-refractivity contribution in [2.45, 2.75) is 37.5 Å². The molecule has 0 unspecified atom stereocenters. The van der Waals surface area contributed by atoms with Crippen LogP contribution in [0, 0.1) is 0 Å². The van der Waals surface area contributed by atoms with E-state index >= 15 is 0 Å². The summed E-state index contributed by atoms with van der Waals surface area (Å²) >= 11 is 0. The molecule has 1 aliphatic rings. The molecule has 0 aromatic heterocycles. The highest BCUT2D eigenvalue weighted by atomic mass is 16.5. The third kappa shape index (κ3) is 2.67. The van der Waals surface area contributed by atoms with E-state index in [-0.39, 0.29) is 11.8 Å². The number of aliphatic carboxylic acids is 1. The molecule has 1 fully saturated rings. The van der Waals surface area contributed by atoms with Gasteiger partial charge in [-0.2, -0.15) is 0 Å². The standard InChI is InChI=1S/C15H20O4/c1-18-12-6-5-11(9-13(12)19-2)15(10-14(16)17)7-3-4-8-15/h5-6,9H,3-4,7-8,10H2,1-2H3,(H,16,17). The number of methoxy groups -OCH3 is 2. The van der Waals surface area contributed by atoms with Gasteiger partial charge in [-0.3, -0.25) is 4.79 Å². The molecule has 0 saturated heterocycles. The largest absolute Gasteiger partial charge is 0.493 e. The van der Waals surface area contributed by atoms with Gasteiger partial charge in [0.25, 0.3) is 0 Å². The Morgan fingerprint density at radius 2 is 1.84 bits per heavy atom. The molecule has 104 valence electrons. The molecule has 0 spiro atoms. The van der Waals surface area contributed by atoms with Gasteiger partial charge in [0.05, 0.1) is 20.6 Å². The van der Waals surface area contributed by atoms with E-state index in [4.69, 9.17) is 9.47 Å². The first-order chi connectivity index (χ1) is 9.11. The highest BCUT2D eigenvalue weighted by Crippen LogP contribution is 2.45. The predicted octanol–water partition coefficient (Wildman–Crippen LogP) is 2.99. The first-order valence-electron chi connectivity index (χ1n) is 6.55. The Morgan fingerprint density at radius 1 is 1.21 bits per heavy atom. The van der Waals surface area contributed by atoms with Crippen molar-refractivity contribution in [2.75, 3.05) is 14.2 Å². The molecule has 1 aromatic rings. The van der Waals surface area contributed by atoms with Gasteiger partial charge >= 0.3 is 5.97 Å². The Balaban J connectivity index is 2.39. The molecule has 0 amide bonds. The van der Waals surface area contributed by atoms with E-state index in [9.17, 15) is 9.90 Å². The first kappa shape index (κ1) is 13.7. The average molecular weight is 264 g/mol. The first-order valence-corrected chi connectivity index (χ1v) is 6.55. The second kappa shape index (κ2) is 5.51. The SMILES string of the molecule is COc1ccc(C2(CC(=O)O)CCCC2)cc1OC. The van der Waals surface area contributed by atoms with Gasteiger partial charge in [0, 0.05) is 5.41 Å². The molecule has 4 heteroatoms. The van der Waals surface area contributed by atoms with Gasteiger partial charge in [-0.05, 0) is 30.5 Å². The highest BCUT2D eigenvalue weighted by Gasteiger charge is 2.38. The van der Waals surface area contributed by atoms with Crippen LogP contribution in [-0.4, -0.2) is 25.3 Å². The molecule has 1 saturated carbocycles. The van der Waals surface area contributed by atoms with Gasteiger partial charge in [0.2, 0.25) is 0 Å². The zero-order chi connectivity index (χ0) is 13.9. The molecule has 1 aromatic carbocycles. The maximum Gasteiger partial charge on any atom is 0.304 e. The Morgan fingerprint density at radius 3 is 2.37 bits per heavy atom. The van der Waals surface area contributed by atoms with E-state index in [2.05, 4.69) is 0 Å². The predicted molar refractivity (Wildman–Crippen MR) is 71.9 cm³/mol. The number of carbonyl (C=O) groups is 1. The Hall–Kier alpha value is -1.71. The lowest BCUT2D eigenvalue weighted by molar-refractivity contribution is -0.138. The summed E-state index contributed by atoms with van der Waals surface area (Å²) in [5.41, 5.74) is 0.802. The molecule has 19 heavy (non-hydrogen) atoms. The third-order valence-corrected chi connectivity index (χ3v) is 4.05. The fraction of sp³-hybridized carbons (Fsp3) is 0.533. The van der Waals surface area contributed by atoms with Gasteiger partial charge < -0.3 is 14.6 Å².